The van der Waals surface area contributed by atoms with Gasteiger partial charge in [-0.1, -0.05) is 42.0 Å². The molecule has 1 aliphatic heterocycles. The van der Waals surface area contributed by atoms with E-state index in [0.717, 1.165) is 16.7 Å². The summed E-state index contributed by atoms with van der Waals surface area (Å²) in [6, 6.07) is 14.5. The fraction of sp³-hybridized carbons (Fsp3) is 0.350. The van der Waals surface area contributed by atoms with Gasteiger partial charge in [-0.25, -0.2) is 8.42 Å². The zero-order valence-electron chi connectivity index (χ0n) is 15.3. The topological polar surface area (TPSA) is 75.7 Å². The number of hydrogen-bond acceptors (Lipinski definition) is 4. The van der Waals surface area contributed by atoms with Gasteiger partial charge in [-0.3, -0.25) is 4.79 Å². The van der Waals surface area contributed by atoms with Gasteiger partial charge >= 0.3 is 0 Å². The predicted octanol–water partition coefficient (Wildman–Crippen LogP) is 1.87. The molecule has 1 amide bonds. The summed E-state index contributed by atoms with van der Waals surface area (Å²) in [5.41, 5.74) is 2.98. The van der Waals surface area contributed by atoms with Crippen molar-refractivity contribution < 1.29 is 17.9 Å². The van der Waals surface area contributed by atoms with Gasteiger partial charge in [-0.15, -0.1) is 0 Å². The second-order valence-corrected chi connectivity index (χ2v) is 8.54. The number of benzene rings is 2. The van der Waals surface area contributed by atoms with Crippen LogP contribution in [0.15, 0.2) is 53.4 Å². The molecule has 144 valence electrons. The van der Waals surface area contributed by atoms with Gasteiger partial charge in [0, 0.05) is 19.6 Å². The molecule has 1 heterocycles. The molecule has 27 heavy (non-hydrogen) atoms. The van der Waals surface area contributed by atoms with E-state index in [4.69, 9.17) is 4.74 Å². The van der Waals surface area contributed by atoms with Gasteiger partial charge in [0.05, 0.1) is 24.5 Å². The smallest absolute Gasteiger partial charge is 0.243 e. The highest BCUT2D eigenvalue weighted by atomic mass is 32.2. The first kappa shape index (κ1) is 19.5. The maximum atomic E-state index is 12.6. The van der Waals surface area contributed by atoms with E-state index in [2.05, 4.69) is 5.32 Å². The molecule has 0 aliphatic carbocycles. The van der Waals surface area contributed by atoms with Crippen LogP contribution in [0.3, 0.4) is 0 Å². The lowest BCUT2D eigenvalue weighted by Crippen LogP contribution is -2.40. The third-order valence-corrected chi connectivity index (χ3v) is 6.42. The summed E-state index contributed by atoms with van der Waals surface area (Å²) < 4.78 is 31.8. The summed E-state index contributed by atoms with van der Waals surface area (Å²) >= 11 is 0. The standard InChI is InChI=1S/C20H24N2O4S/c1-16-2-4-17(5-3-16)14-20(23)21-15-18-6-8-19(9-7-18)27(24,25)22-10-12-26-13-11-22/h2-9H,10-15H2,1H3,(H,21,23). The number of sulfonamides is 1. The number of nitrogens with one attached hydrogen (secondary N) is 1. The molecule has 1 fully saturated rings. The lowest BCUT2D eigenvalue weighted by atomic mass is 10.1. The molecule has 0 saturated carbocycles. The largest absolute Gasteiger partial charge is 0.379 e. The number of ether oxygens (including phenoxy) is 1. The maximum absolute atomic E-state index is 12.6. The van der Waals surface area contributed by atoms with Crippen LogP contribution in [0.1, 0.15) is 16.7 Å². The Morgan fingerprint density at radius 1 is 1.00 bits per heavy atom. The lowest BCUT2D eigenvalue weighted by Gasteiger charge is -2.26. The van der Waals surface area contributed by atoms with Crippen LogP contribution in [0, 0.1) is 6.92 Å². The number of carbonyl (C=O) groups is 1. The van der Waals surface area contributed by atoms with Crippen LogP contribution in [-0.4, -0.2) is 44.9 Å². The monoisotopic (exact) mass is 388 g/mol. The van der Waals surface area contributed by atoms with Crippen molar-refractivity contribution in [2.75, 3.05) is 26.3 Å². The molecule has 0 atom stereocenters. The van der Waals surface area contributed by atoms with E-state index in [1.165, 1.54) is 4.31 Å². The van der Waals surface area contributed by atoms with Crippen LogP contribution >= 0.6 is 0 Å². The molecule has 0 spiro atoms. The fourth-order valence-corrected chi connectivity index (χ4v) is 4.28. The van der Waals surface area contributed by atoms with Crippen molar-refractivity contribution in [3.05, 3.63) is 65.2 Å². The molecule has 1 N–H and O–H groups in total. The van der Waals surface area contributed by atoms with E-state index in [0.29, 0.717) is 39.3 Å². The molecule has 0 bridgehead atoms. The first-order chi connectivity index (χ1) is 12.9. The number of hydrogen-bond donors (Lipinski definition) is 1. The van der Waals surface area contributed by atoms with Gasteiger partial charge in [0.2, 0.25) is 15.9 Å². The third kappa shape index (κ3) is 5.15. The second kappa shape index (κ2) is 8.65. The Kier molecular flexibility index (Phi) is 6.26. The maximum Gasteiger partial charge on any atom is 0.243 e. The number of amides is 1. The summed E-state index contributed by atoms with van der Waals surface area (Å²) in [6.07, 6.45) is 0.323. The van der Waals surface area contributed by atoms with Crippen LogP contribution in [0.25, 0.3) is 0 Å². The summed E-state index contributed by atoms with van der Waals surface area (Å²) in [6.45, 7) is 3.96. The number of morpholine rings is 1. The zero-order valence-corrected chi connectivity index (χ0v) is 16.2. The SMILES string of the molecule is Cc1ccc(CC(=O)NCc2ccc(S(=O)(=O)N3CCOCC3)cc2)cc1. The van der Waals surface area contributed by atoms with Crippen LogP contribution in [0.4, 0.5) is 0 Å². The number of aryl methyl sites for hydroxylation is 1. The van der Waals surface area contributed by atoms with E-state index < -0.39 is 10.0 Å². The molecule has 2 aromatic carbocycles. The Balaban J connectivity index is 1.55. The summed E-state index contributed by atoms with van der Waals surface area (Å²) in [4.78, 5) is 12.3. The first-order valence-corrected chi connectivity index (χ1v) is 10.4. The molecule has 7 heteroatoms. The summed E-state index contributed by atoms with van der Waals surface area (Å²) in [5.74, 6) is -0.0659. The van der Waals surface area contributed by atoms with Gasteiger partial charge in [0.1, 0.15) is 0 Å². The van der Waals surface area contributed by atoms with Crippen molar-refractivity contribution in [3.63, 3.8) is 0 Å². The van der Waals surface area contributed by atoms with Gasteiger partial charge in [0.15, 0.2) is 0 Å². The molecular weight excluding hydrogens is 364 g/mol. The molecule has 0 unspecified atom stereocenters. The number of rotatable bonds is 6. The molecule has 6 nitrogen and oxygen atoms in total. The minimum atomic E-state index is -3.49. The van der Waals surface area contributed by atoms with Crippen molar-refractivity contribution in [3.8, 4) is 0 Å². The van der Waals surface area contributed by atoms with Crippen LogP contribution in [-0.2, 0) is 32.5 Å². The van der Waals surface area contributed by atoms with E-state index in [9.17, 15) is 13.2 Å². The first-order valence-electron chi connectivity index (χ1n) is 8.94. The molecule has 0 aromatic heterocycles. The van der Waals surface area contributed by atoms with Gasteiger partial charge in [-0.05, 0) is 30.2 Å². The second-order valence-electron chi connectivity index (χ2n) is 6.60. The van der Waals surface area contributed by atoms with Crippen molar-refractivity contribution in [1.82, 2.24) is 9.62 Å². The van der Waals surface area contributed by atoms with Crippen molar-refractivity contribution >= 4 is 15.9 Å². The Labute approximate surface area is 160 Å². The highest BCUT2D eigenvalue weighted by Gasteiger charge is 2.26. The average molecular weight is 388 g/mol. The average Bonchev–Trinajstić information content (AvgIpc) is 2.69. The summed E-state index contributed by atoms with van der Waals surface area (Å²) in [5, 5.41) is 2.87. The molecule has 1 saturated heterocycles. The molecule has 2 aromatic rings. The Hall–Kier alpha value is -2.22. The third-order valence-electron chi connectivity index (χ3n) is 4.51. The molecule has 3 rings (SSSR count). The van der Waals surface area contributed by atoms with Gasteiger partial charge < -0.3 is 10.1 Å². The minimum Gasteiger partial charge on any atom is -0.379 e. The fourth-order valence-electron chi connectivity index (χ4n) is 2.87. The van der Waals surface area contributed by atoms with E-state index >= 15 is 0 Å². The minimum absolute atomic E-state index is 0.0659. The molecule has 1 aliphatic rings. The highest BCUT2D eigenvalue weighted by molar-refractivity contribution is 7.89. The number of carbonyl (C=O) groups excluding carboxylic acids is 1. The van der Waals surface area contributed by atoms with Crippen LogP contribution in [0.2, 0.25) is 0 Å². The van der Waals surface area contributed by atoms with Crippen molar-refractivity contribution in [2.45, 2.75) is 24.8 Å². The van der Waals surface area contributed by atoms with Crippen molar-refractivity contribution in [1.29, 1.82) is 0 Å². The zero-order chi connectivity index (χ0) is 19.3. The number of nitrogens with zero attached hydrogens (tertiary/aromatic N) is 1. The highest BCUT2D eigenvalue weighted by Crippen LogP contribution is 2.17. The Bertz CT molecular complexity index is 871. The molecular formula is C20H24N2O4S. The quantitative estimate of drug-likeness (QED) is 0.820. The Morgan fingerprint density at radius 2 is 1.59 bits per heavy atom. The van der Waals surface area contributed by atoms with Crippen molar-refractivity contribution in [2.24, 2.45) is 0 Å². The Morgan fingerprint density at radius 3 is 2.22 bits per heavy atom. The van der Waals surface area contributed by atoms with Gasteiger partial charge in [0.25, 0.3) is 0 Å². The normalized spacial score (nSPS) is 15.4. The predicted molar refractivity (Wildman–Crippen MR) is 103 cm³/mol. The van der Waals surface area contributed by atoms with Crippen LogP contribution in [0.5, 0.6) is 0 Å². The molecule has 0 radical (unpaired) electrons. The van der Waals surface area contributed by atoms with Crippen LogP contribution < -0.4 is 5.32 Å². The van der Waals surface area contributed by atoms with E-state index in [1.54, 1.807) is 24.3 Å². The lowest BCUT2D eigenvalue weighted by molar-refractivity contribution is -0.120. The van der Waals surface area contributed by atoms with E-state index in [1.807, 2.05) is 31.2 Å². The summed E-state index contributed by atoms with van der Waals surface area (Å²) in [7, 11) is -3.49. The van der Waals surface area contributed by atoms with Gasteiger partial charge in [-0.2, -0.15) is 4.31 Å². The van der Waals surface area contributed by atoms with E-state index in [-0.39, 0.29) is 10.8 Å².